The molecule has 22 heavy (non-hydrogen) atoms. The van der Waals surface area contributed by atoms with E-state index in [2.05, 4.69) is 15.4 Å². The molecule has 0 aliphatic heterocycles. The zero-order valence-electron chi connectivity index (χ0n) is 12.6. The molecule has 5 N–H and O–H groups in total. The van der Waals surface area contributed by atoms with Crippen molar-refractivity contribution in [3.05, 3.63) is 35.5 Å². The Hall–Kier alpha value is -2.67. The van der Waals surface area contributed by atoms with Gasteiger partial charge in [0, 0.05) is 5.56 Å². The van der Waals surface area contributed by atoms with Gasteiger partial charge in [0.25, 0.3) is 5.91 Å². The summed E-state index contributed by atoms with van der Waals surface area (Å²) in [5, 5.41) is 0. The topological polar surface area (TPSA) is 116 Å². The number of nitrogens with two attached hydrogens (primary N) is 2. The Labute approximate surface area is 128 Å². The second-order valence-corrected chi connectivity index (χ2v) is 4.71. The largest absolute Gasteiger partial charge is 0.493 e. The van der Waals surface area contributed by atoms with Gasteiger partial charge in [-0.3, -0.25) is 10.2 Å². The lowest BCUT2D eigenvalue weighted by atomic mass is 10.0. The van der Waals surface area contributed by atoms with Crippen LogP contribution < -0.4 is 21.7 Å². The molecular weight excluding hydrogens is 282 g/mol. The van der Waals surface area contributed by atoms with E-state index in [0.29, 0.717) is 29.3 Å². The summed E-state index contributed by atoms with van der Waals surface area (Å²) in [6.45, 7) is 4.26. The van der Waals surface area contributed by atoms with Gasteiger partial charge in [-0.1, -0.05) is 19.1 Å². The number of carbonyl (C=O) groups excluding carboxylic acids is 1. The molecule has 1 amide bonds. The Morgan fingerprint density at radius 3 is 2.73 bits per heavy atom. The van der Waals surface area contributed by atoms with Crippen molar-refractivity contribution >= 4 is 11.9 Å². The summed E-state index contributed by atoms with van der Waals surface area (Å²) in [5.74, 6) is 5.51. The van der Waals surface area contributed by atoms with Crippen LogP contribution in [0.25, 0.3) is 11.3 Å². The van der Waals surface area contributed by atoms with Gasteiger partial charge in [0.05, 0.1) is 23.6 Å². The molecule has 0 bridgehead atoms. The highest BCUT2D eigenvalue weighted by Gasteiger charge is 2.21. The molecule has 1 heterocycles. The monoisotopic (exact) mass is 301 g/mol. The quantitative estimate of drug-likeness (QED) is 0.437. The first-order valence-corrected chi connectivity index (χ1v) is 6.95. The van der Waals surface area contributed by atoms with Crippen LogP contribution in [-0.2, 0) is 0 Å². The van der Waals surface area contributed by atoms with Gasteiger partial charge in [-0.05, 0) is 25.5 Å². The molecule has 1 aromatic carbocycles. The molecule has 0 saturated carbocycles. The number of aryl methyl sites for hydroxylation is 1. The van der Waals surface area contributed by atoms with Crippen molar-refractivity contribution in [1.29, 1.82) is 0 Å². The van der Waals surface area contributed by atoms with Crippen molar-refractivity contribution in [2.45, 2.75) is 20.3 Å². The molecule has 0 saturated heterocycles. The summed E-state index contributed by atoms with van der Waals surface area (Å²) in [6.07, 6.45) is 0.870. The Kier molecular flexibility index (Phi) is 4.90. The van der Waals surface area contributed by atoms with Crippen LogP contribution in [-0.4, -0.2) is 22.5 Å². The van der Waals surface area contributed by atoms with Crippen LogP contribution in [0.5, 0.6) is 5.75 Å². The normalized spacial score (nSPS) is 10.3. The van der Waals surface area contributed by atoms with E-state index in [9.17, 15) is 4.79 Å². The highest BCUT2D eigenvalue weighted by molar-refractivity contribution is 6.01. The average molecular weight is 301 g/mol. The van der Waals surface area contributed by atoms with Crippen molar-refractivity contribution in [1.82, 2.24) is 15.4 Å². The number of anilines is 1. The van der Waals surface area contributed by atoms with Crippen LogP contribution in [0.1, 0.15) is 29.4 Å². The number of rotatable bonds is 5. The number of ether oxygens (including phenoxy) is 1. The lowest BCUT2D eigenvalue weighted by molar-refractivity contribution is 0.0953. The minimum absolute atomic E-state index is 0.0892. The number of amides is 1. The maximum absolute atomic E-state index is 12.1. The van der Waals surface area contributed by atoms with E-state index in [1.165, 1.54) is 0 Å². The summed E-state index contributed by atoms with van der Waals surface area (Å²) in [4.78, 5) is 20.3. The Bertz CT molecular complexity index is 688. The van der Waals surface area contributed by atoms with E-state index in [0.717, 1.165) is 6.42 Å². The lowest BCUT2D eigenvalue weighted by Gasteiger charge is -2.14. The van der Waals surface area contributed by atoms with Crippen LogP contribution in [0.3, 0.4) is 0 Å². The zero-order valence-corrected chi connectivity index (χ0v) is 12.6. The number of nitrogens with zero attached hydrogens (tertiary/aromatic N) is 2. The van der Waals surface area contributed by atoms with Gasteiger partial charge in [0.2, 0.25) is 5.95 Å². The molecular formula is C15H19N5O2. The molecule has 0 radical (unpaired) electrons. The summed E-state index contributed by atoms with van der Waals surface area (Å²) in [7, 11) is 0. The Morgan fingerprint density at radius 1 is 1.32 bits per heavy atom. The number of carbonyl (C=O) groups is 1. The van der Waals surface area contributed by atoms with Crippen LogP contribution in [0.15, 0.2) is 24.3 Å². The van der Waals surface area contributed by atoms with E-state index in [1.54, 1.807) is 6.92 Å². The molecule has 0 unspecified atom stereocenters. The molecule has 1 aromatic heterocycles. The molecule has 0 fully saturated rings. The van der Waals surface area contributed by atoms with E-state index >= 15 is 0 Å². The zero-order chi connectivity index (χ0) is 16.1. The van der Waals surface area contributed by atoms with Gasteiger partial charge < -0.3 is 10.5 Å². The molecule has 0 aliphatic rings. The highest BCUT2D eigenvalue weighted by Crippen LogP contribution is 2.32. The maximum atomic E-state index is 12.1. The predicted molar refractivity (Wildman–Crippen MR) is 84.1 cm³/mol. The van der Waals surface area contributed by atoms with Gasteiger partial charge in [0.15, 0.2) is 0 Å². The summed E-state index contributed by atoms with van der Waals surface area (Å²) < 4.78 is 5.72. The van der Waals surface area contributed by atoms with Gasteiger partial charge in [0.1, 0.15) is 5.75 Å². The Morgan fingerprint density at radius 2 is 2.05 bits per heavy atom. The van der Waals surface area contributed by atoms with Gasteiger partial charge in [-0.25, -0.2) is 15.8 Å². The number of hydrogen-bond donors (Lipinski definition) is 3. The fourth-order valence-corrected chi connectivity index (χ4v) is 2.13. The number of hydrazine groups is 1. The molecule has 2 rings (SSSR count). The standard InChI is InChI=1S/C15H19N5O2/c1-3-8-22-11-7-5-4-6-10(11)13-12(14(21)20-17)9(2)18-15(16)19-13/h4-7H,3,8,17H2,1-2H3,(H,20,21)(H2,16,18,19). The molecule has 2 aromatic rings. The smallest absolute Gasteiger partial charge is 0.269 e. The minimum atomic E-state index is -0.474. The molecule has 0 aliphatic carbocycles. The van der Waals surface area contributed by atoms with Crippen molar-refractivity contribution < 1.29 is 9.53 Å². The van der Waals surface area contributed by atoms with Crippen molar-refractivity contribution in [2.24, 2.45) is 5.84 Å². The summed E-state index contributed by atoms with van der Waals surface area (Å²) >= 11 is 0. The first-order chi connectivity index (χ1) is 10.6. The van der Waals surface area contributed by atoms with Crippen LogP contribution in [0.2, 0.25) is 0 Å². The number of hydrogen-bond acceptors (Lipinski definition) is 6. The van der Waals surface area contributed by atoms with Crippen molar-refractivity contribution in [2.75, 3.05) is 12.3 Å². The third kappa shape index (κ3) is 3.15. The van der Waals surface area contributed by atoms with Gasteiger partial charge in [-0.2, -0.15) is 0 Å². The second-order valence-electron chi connectivity index (χ2n) is 4.71. The number of aromatic nitrogens is 2. The van der Waals surface area contributed by atoms with Crippen molar-refractivity contribution in [3.63, 3.8) is 0 Å². The number of para-hydroxylation sites is 1. The van der Waals surface area contributed by atoms with E-state index in [-0.39, 0.29) is 11.5 Å². The predicted octanol–water partition coefficient (Wildman–Crippen LogP) is 1.43. The van der Waals surface area contributed by atoms with Crippen LogP contribution in [0, 0.1) is 6.92 Å². The number of nitrogens with one attached hydrogen (secondary N) is 1. The highest BCUT2D eigenvalue weighted by atomic mass is 16.5. The summed E-state index contributed by atoms with van der Waals surface area (Å²) in [5.41, 5.74) is 9.66. The van der Waals surface area contributed by atoms with E-state index in [1.807, 2.05) is 31.2 Å². The lowest BCUT2D eigenvalue weighted by Crippen LogP contribution is -2.31. The maximum Gasteiger partial charge on any atom is 0.269 e. The van der Waals surface area contributed by atoms with Crippen LogP contribution >= 0.6 is 0 Å². The first-order valence-electron chi connectivity index (χ1n) is 6.95. The van der Waals surface area contributed by atoms with Gasteiger partial charge >= 0.3 is 0 Å². The van der Waals surface area contributed by atoms with Gasteiger partial charge in [-0.15, -0.1) is 0 Å². The SMILES string of the molecule is CCCOc1ccccc1-c1nc(N)nc(C)c1C(=O)NN. The first kappa shape index (κ1) is 15.7. The van der Waals surface area contributed by atoms with Crippen molar-refractivity contribution in [3.8, 4) is 17.0 Å². The number of benzene rings is 1. The fraction of sp³-hybridized carbons (Fsp3) is 0.267. The Balaban J connectivity index is 2.64. The third-order valence-corrected chi connectivity index (χ3v) is 3.07. The molecule has 116 valence electrons. The minimum Gasteiger partial charge on any atom is -0.493 e. The average Bonchev–Trinajstić information content (AvgIpc) is 2.51. The van der Waals surface area contributed by atoms with Crippen LogP contribution in [0.4, 0.5) is 5.95 Å². The summed E-state index contributed by atoms with van der Waals surface area (Å²) in [6, 6.07) is 7.34. The van der Waals surface area contributed by atoms with E-state index in [4.69, 9.17) is 16.3 Å². The fourth-order valence-electron chi connectivity index (χ4n) is 2.13. The molecule has 7 heteroatoms. The number of nitrogen functional groups attached to an aromatic ring is 2. The molecule has 0 atom stereocenters. The van der Waals surface area contributed by atoms with E-state index < -0.39 is 5.91 Å². The second kappa shape index (κ2) is 6.86. The molecule has 0 spiro atoms. The molecule has 7 nitrogen and oxygen atoms in total. The third-order valence-electron chi connectivity index (χ3n) is 3.07.